The van der Waals surface area contributed by atoms with Gasteiger partial charge in [0.05, 0.1) is 23.7 Å². The second-order valence-corrected chi connectivity index (χ2v) is 9.48. The van der Waals surface area contributed by atoms with Gasteiger partial charge in [0.25, 0.3) is 0 Å². The lowest BCUT2D eigenvalue weighted by atomic mass is 10.1. The Morgan fingerprint density at radius 2 is 1.97 bits per heavy atom. The number of nitrogens with zero attached hydrogens (tertiary/aromatic N) is 2. The van der Waals surface area contributed by atoms with Gasteiger partial charge in [-0.3, -0.25) is 4.99 Å². The number of piperidine rings is 1. The maximum absolute atomic E-state index is 11.3. The van der Waals surface area contributed by atoms with Crippen molar-refractivity contribution in [2.45, 2.75) is 55.6 Å². The van der Waals surface area contributed by atoms with Gasteiger partial charge >= 0.3 is 0 Å². The van der Waals surface area contributed by atoms with Gasteiger partial charge in [-0.25, -0.2) is 13.6 Å². The lowest BCUT2D eigenvalue weighted by Gasteiger charge is -2.35. The minimum atomic E-state index is -3.65. The average Bonchev–Trinajstić information content (AvgIpc) is 2.76. The fraction of sp³-hybridized carbons (Fsp3) is 0.667. The van der Waals surface area contributed by atoms with Crippen molar-refractivity contribution in [2.75, 3.05) is 39.9 Å². The number of ether oxygens (including phenoxy) is 2. The molecule has 30 heavy (non-hydrogen) atoms. The molecule has 0 saturated carbocycles. The summed E-state index contributed by atoms with van der Waals surface area (Å²) in [6.45, 7) is 4.13. The van der Waals surface area contributed by atoms with Crippen LogP contribution in [-0.4, -0.2) is 71.4 Å². The highest BCUT2D eigenvalue weighted by Gasteiger charge is 2.23. The molecule has 1 atom stereocenters. The summed E-state index contributed by atoms with van der Waals surface area (Å²) >= 11 is 0. The van der Waals surface area contributed by atoms with Crippen LogP contribution in [0.4, 0.5) is 0 Å². The summed E-state index contributed by atoms with van der Waals surface area (Å²) in [6.07, 6.45) is 6.83. The molecule has 2 aliphatic heterocycles. The number of hydrogen-bond acceptors (Lipinski definition) is 5. The molecule has 2 fully saturated rings. The van der Waals surface area contributed by atoms with E-state index < -0.39 is 10.0 Å². The molecule has 2 aliphatic rings. The Morgan fingerprint density at radius 1 is 1.23 bits per heavy atom. The lowest BCUT2D eigenvalue weighted by Crippen LogP contribution is -2.47. The normalized spacial score (nSPS) is 21.6. The van der Waals surface area contributed by atoms with Gasteiger partial charge < -0.3 is 19.7 Å². The largest absolute Gasteiger partial charge is 0.376 e. The monoisotopic (exact) mass is 438 g/mol. The molecule has 3 N–H and O–H groups in total. The maximum Gasteiger partial charge on any atom is 0.238 e. The highest BCUT2D eigenvalue weighted by molar-refractivity contribution is 7.89. The first-order chi connectivity index (χ1) is 14.5. The first kappa shape index (κ1) is 23.0. The van der Waals surface area contributed by atoms with Crippen molar-refractivity contribution in [3.63, 3.8) is 0 Å². The summed E-state index contributed by atoms with van der Waals surface area (Å²) in [6, 6.07) is 6.68. The first-order valence-corrected chi connectivity index (χ1v) is 12.3. The molecule has 8 nitrogen and oxygen atoms in total. The van der Waals surface area contributed by atoms with Gasteiger partial charge in [0, 0.05) is 33.3 Å². The van der Waals surface area contributed by atoms with Crippen molar-refractivity contribution in [2.24, 2.45) is 10.1 Å². The van der Waals surface area contributed by atoms with Gasteiger partial charge in [0.15, 0.2) is 5.96 Å². The van der Waals surface area contributed by atoms with E-state index in [4.69, 9.17) is 14.6 Å². The Balaban J connectivity index is 1.37. The summed E-state index contributed by atoms with van der Waals surface area (Å²) in [5.74, 6) is 0.894. The SMILES string of the molecule is CN=C(NCCc1ccc(S(N)(=O)=O)cc1)N1CCC(OCC2CCCCO2)CC1. The number of hydrogen-bond donors (Lipinski definition) is 2. The number of likely N-dealkylation sites (tertiary alicyclic amines) is 1. The van der Waals surface area contributed by atoms with Crippen LogP contribution in [0.25, 0.3) is 0 Å². The molecule has 0 amide bonds. The number of guanidine groups is 1. The van der Waals surface area contributed by atoms with Crippen LogP contribution in [0.15, 0.2) is 34.2 Å². The van der Waals surface area contributed by atoms with Gasteiger partial charge in [0.1, 0.15) is 0 Å². The number of nitrogens with two attached hydrogens (primary N) is 1. The molecule has 1 unspecified atom stereocenters. The number of rotatable bonds is 7. The standard InChI is InChI=1S/C21H34N4O4S/c1-23-21(24-12-9-17-5-7-20(8-6-17)30(22,26)27)25-13-10-18(11-14-25)29-16-19-4-2-3-15-28-19/h5-8,18-19H,2-4,9-16H2,1H3,(H,23,24)(H2,22,26,27). The lowest BCUT2D eigenvalue weighted by molar-refractivity contribution is -0.0721. The van der Waals surface area contributed by atoms with E-state index in [1.165, 1.54) is 12.8 Å². The summed E-state index contributed by atoms with van der Waals surface area (Å²) < 4.78 is 34.5. The number of primary sulfonamides is 1. The highest BCUT2D eigenvalue weighted by atomic mass is 32.2. The Labute approximate surface area is 179 Å². The van der Waals surface area contributed by atoms with Crippen molar-refractivity contribution in [3.05, 3.63) is 29.8 Å². The van der Waals surface area contributed by atoms with Crippen LogP contribution >= 0.6 is 0 Å². The number of nitrogens with one attached hydrogen (secondary N) is 1. The third-order valence-corrected chi connectivity index (χ3v) is 6.62. The van der Waals surface area contributed by atoms with E-state index in [-0.39, 0.29) is 11.0 Å². The van der Waals surface area contributed by atoms with Gasteiger partial charge in [-0.1, -0.05) is 12.1 Å². The molecule has 0 radical (unpaired) electrons. The van der Waals surface area contributed by atoms with Gasteiger partial charge in [-0.2, -0.15) is 0 Å². The Hall–Kier alpha value is -1.68. The van der Waals surface area contributed by atoms with Crippen molar-refractivity contribution >= 4 is 16.0 Å². The van der Waals surface area contributed by atoms with Gasteiger partial charge in [-0.15, -0.1) is 0 Å². The second kappa shape index (κ2) is 11.1. The molecule has 3 rings (SSSR count). The van der Waals surface area contributed by atoms with Crippen LogP contribution in [0.5, 0.6) is 0 Å². The molecule has 1 aromatic rings. The van der Waals surface area contributed by atoms with Crippen LogP contribution < -0.4 is 10.5 Å². The molecule has 0 aromatic heterocycles. The smallest absolute Gasteiger partial charge is 0.238 e. The molecule has 9 heteroatoms. The van der Waals surface area contributed by atoms with Crippen LogP contribution in [0, 0.1) is 0 Å². The number of benzene rings is 1. The van der Waals surface area contributed by atoms with Crippen LogP contribution in [-0.2, 0) is 25.9 Å². The predicted molar refractivity (Wildman–Crippen MR) is 117 cm³/mol. The Kier molecular flexibility index (Phi) is 8.50. The summed E-state index contributed by atoms with van der Waals surface area (Å²) in [7, 11) is -1.85. The molecule has 2 saturated heterocycles. The highest BCUT2D eigenvalue weighted by Crippen LogP contribution is 2.18. The summed E-state index contributed by atoms with van der Waals surface area (Å²) in [5.41, 5.74) is 1.04. The quantitative estimate of drug-likeness (QED) is 0.494. The Morgan fingerprint density at radius 3 is 2.57 bits per heavy atom. The number of sulfonamides is 1. The van der Waals surface area contributed by atoms with Crippen molar-refractivity contribution in [1.29, 1.82) is 0 Å². The first-order valence-electron chi connectivity index (χ1n) is 10.8. The molecular formula is C21H34N4O4S. The van der Waals surface area contributed by atoms with Crippen LogP contribution in [0.3, 0.4) is 0 Å². The van der Waals surface area contributed by atoms with E-state index in [2.05, 4.69) is 15.2 Å². The zero-order valence-electron chi connectivity index (χ0n) is 17.8. The topological polar surface area (TPSA) is 106 Å². The van der Waals surface area contributed by atoms with Crippen molar-refractivity contribution in [3.8, 4) is 0 Å². The van der Waals surface area contributed by atoms with Crippen molar-refractivity contribution < 1.29 is 17.9 Å². The fourth-order valence-electron chi connectivity index (χ4n) is 3.91. The predicted octanol–water partition coefficient (Wildman–Crippen LogP) is 1.50. The summed E-state index contributed by atoms with van der Waals surface area (Å²) in [5, 5.41) is 8.54. The molecule has 0 spiro atoms. The van der Waals surface area contributed by atoms with E-state index >= 15 is 0 Å². The second-order valence-electron chi connectivity index (χ2n) is 7.92. The van der Waals surface area contributed by atoms with Crippen LogP contribution in [0.1, 0.15) is 37.7 Å². The van der Waals surface area contributed by atoms with E-state index in [1.807, 2.05) is 0 Å². The third kappa shape index (κ3) is 6.94. The zero-order valence-corrected chi connectivity index (χ0v) is 18.6. The maximum atomic E-state index is 11.3. The van der Waals surface area contributed by atoms with E-state index in [9.17, 15) is 8.42 Å². The average molecular weight is 439 g/mol. The fourth-order valence-corrected chi connectivity index (χ4v) is 4.43. The molecule has 168 valence electrons. The zero-order chi connectivity index (χ0) is 21.4. The summed E-state index contributed by atoms with van der Waals surface area (Å²) in [4.78, 5) is 6.81. The Bertz CT molecular complexity index is 784. The molecular weight excluding hydrogens is 404 g/mol. The van der Waals surface area contributed by atoms with Crippen LogP contribution in [0.2, 0.25) is 0 Å². The molecule has 0 aliphatic carbocycles. The van der Waals surface area contributed by atoms with Gasteiger partial charge in [0.2, 0.25) is 10.0 Å². The number of aliphatic imine (C=N–C) groups is 1. The van der Waals surface area contributed by atoms with E-state index in [0.29, 0.717) is 12.7 Å². The molecule has 2 heterocycles. The minimum Gasteiger partial charge on any atom is -0.376 e. The molecule has 0 bridgehead atoms. The van der Waals surface area contributed by atoms with Crippen molar-refractivity contribution in [1.82, 2.24) is 10.2 Å². The molecule has 1 aromatic carbocycles. The van der Waals surface area contributed by atoms with Gasteiger partial charge in [-0.05, 0) is 56.2 Å². The third-order valence-electron chi connectivity index (χ3n) is 5.69. The van der Waals surface area contributed by atoms with E-state index in [0.717, 1.165) is 63.4 Å². The minimum absolute atomic E-state index is 0.134. The van der Waals surface area contributed by atoms with E-state index in [1.54, 1.807) is 31.3 Å².